The van der Waals surface area contributed by atoms with Crippen molar-refractivity contribution < 1.29 is 14.7 Å². The van der Waals surface area contributed by atoms with E-state index < -0.39 is 17.9 Å². The Bertz CT molecular complexity index is 642. The summed E-state index contributed by atoms with van der Waals surface area (Å²) < 4.78 is 0. The van der Waals surface area contributed by atoms with Crippen LogP contribution in [0.25, 0.3) is 10.7 Å². The standard InChI is InChI=1S/C13H14N4O3S/c1-7(2)10(13(19)20)17-11(18)9-6-21-12(16-9)8-5-14-3-4-15-8/h3-7,10H,1-2H3,(H,17,18)(H,19,20). The van der Waals surface area contributed by atoms with E-state index in [4.69, 9.17) is 5.11 Å². The molecule has 0 aliphatic carbocycles. The topological polar surface area (TPSA) is 105 Å². The van der Waals surface area contributed by atoms with E-state index in [0.717, 1.165) is 0 Å². The number of amides is 1. The molecule has 0 bridgehead atoms. The van der Waals surface area contributed by atoms with Crippen molar-refractivity contribution in [3.63, 3.8) is 0 Å². The molecule has 2 rings (SSSR count). The Morgan fingerprint density at radius 2 is 2.10 bits per heavy atom. The first-order chi connectivity index (χ1) is 9.99. The molecule has 21 heavy (non-hydrogen) atoms. The molecule has 0 aliphatic heterocycles. The zero-order chi connectivity index (χ0) is 15.4. The second kappa shape index (κ2) is 6.40. The second-order valence-electron chi connectivity index (χ2n) is 4.66. The fourth-order valence-corrected chi connectivity index (χ4v) is 2.39. The number of hydrogen-bond donors (Lipinski definition) is 2. The number of rotatable bonds is 5. The molecule has 1 amide bonds. The molecule has 2 aromatic rings. The molecule has 2 heterocycles. The first-order valence-corrected chi connectivity index (χ1v) is 7.12. The van der Waals surface area contributed by atoms with E-state index in [1.165, 1.54) is 17.5 Å². The van der Waals surface area contributed by atoms with Crippen LogP contribution in [-0.4, -0.2) is 38.0 Å². The van der Waals surface area contributed by atoms with Crippen LogP contribution in [0.2, 0.25) is 0 Å². The fraction of sp³-hybridized carbons (Fsp3) is 0.308. The van der Waals surface area contributed by atoms with E-state index in [1.807, 2.05) is 0 Å². The van der Waals surface area contributed by atoms with Gasteiger partial charge in [0.25, 0.3) is 5.91 Å². The van der Waals surface area contributed by atoms with Crippen molar-refractivity contribution in [2.45, 2.75) is 19.9 Å². The van der Waals surface area contributed by atoms with E-state index in [1.54, 1.807) is 31.6 Å². The lowest BCUT2D eigenvalue weighted by Gasteiger charge is -2.16. The quantitative estimate of drug-likeness (QED) is 0.866. The molecule has 1 atom stereocenters. The predicted molar refractivity (Wildman–Crippen MR) is 76.9 cm³/mol. The van der Waals surface area contributed by atoms with Gasteiger partial charge in [0.2, 0.25) is 0 Å². The number of aliphatic carboxylic acids is 1. The number of aromatic nitrogens is 3. The smallest absolute Gasteiger partial charge is 0.326 e. The van der Waals surface area contributed by atoms with E-state index >= 15 is 0 Å². The van der Waals surface area contributed by atoms with Gasteiger partial charge in [0.05, 0.1) is 6.20 Å². The highest BCUT2D eigenvalue weighted by Gasteiger charge is 2.25. The summed E-state index contributed by atoms with van der Waals surface area (Å²) >= 11 is 1.25. The van der Waals surface area contributed by atoms with E-state index in [-0.39, 0.29) is 11.6 Å². The Kier molecular flexibility index (Phi) is 4.59. The zero-order valence-electron chi connectivity index (χ0n) is 11.5. The molecule has 0 aromatic carbocycles. The molecule has 0 spiro atoms. The van der Waals surface area contributed by atoms with Gasteiger partial charge in [0.15, 0.2) is 0 Å². The van der Waals surface area contributed by atoms with Gasteiger partial charge < -0.3 is 10.4 Å². The van der Waals surface area contributed by atoms with Crippen molar-refractivity contribution in [3.8, 4) is 10.7 Å². The minimum Gasteiger partial charge on any atom is -0.480 e. The maximum Gasteiger partial charge on any atom is 0.326 e. The third-order valence-corrected chi connectivity index (χ3v) is 3.60. The first kappa shape index (κ1) is 15.0. The SMILES string of the molecule is CC(C)C(NC(=O)c1csc(-c2cnccn2)n1)C(=O)O. The highest BCUT2D eigenvalue weighted by atomic mass is 32.1. The van der Waals surface area contributed by atoms with Gasteiger partial charge in [-0.1, -0.05) is 13.8 Å². The largest absolute Gasteiger partial charge is 0.480 e. The summed E-state index contributed by atoms with van der Waals surface area (Å²) in [7, 11) is 0. The Morgan fingerprint density at radius 3 is 2.67 bits per heavy atom. The third kappa shape index (κ3) is 3.60. The van der Waals surface area contributed by atoms with Crippen LogP contribution in [-0.2, 0) is 4.79 Å². The molecule has 2 N–H and O–H groups in total. The van der Waals surface area contributed by atoms with Crippen LogP contribution < -0.4 is 5.32 Å². The Morgan fingerprint density at radius 1 is 1.33 bits per heavy atom. The normalized spacial score (nSPS) is 12.1. The van der Waals surface area contributed by atoms with E-state index in [9.17, 15) is 9.59 Å². The van der Waals surface area contributed by atoms with Crippen molar-refractivity contribution in [3.05, 3.63) is 29.7 Å². The lowest BCUT2D eigenvalue weighted by molar-refractivity contribution is -0.140. The summed E-state index contributed by atoms with van der Waals surface area (Å²) in [5.74, 6) is -1.80. The summed E-state index contributed by atoms with van der Waals surface area (Å²) in [4.78, 5) is 35.3. The van der Waals surface area contributed by atoms with Crippen molar-refractivity contribution in [1.82, 2.24) is 20.3 Å². The number of hydrogen-bond acceptors (Lipinski definition) is 6. The van der Waals surface area contributed by atoms with E-state index in [0.29, 0.717) is 10.7 Å². The van der Waals surface area contributed by atoms with Gasteiger partial charge in [-0.15, -0.1) is 11.3 Å². The zero-order valence-corrected chi connectivity index (χ0v) is 12.3. The molecule has 110 valence electrons. The van der Waals surface area contributed by atoms with Crippen molar-refractivity contribution in [1.29, 1.82) is 0 Å². The van der Waals surface area contributed by atoms with Crippen LogP contribution in [0.5, 0.6) is 0 Å². The summed E-state index contributed by atoms with van der Waals surface area (Å²) in [6.07, 6.45) is 4.63. The minimum absolute atomic E-state index is 0.174. The van der Waals surface area contributed by atoms with Crippen LogP contribution in [0.3, 0.4) is 0 Å². The molecule has 2 aromatic heterocycles. The summed E-state index contributed by atoms with van der Waals surface area (Å²) in [5.41, 5.74) is 0.743. The Hall–Kier alpha value is -2.35. The third-order valence-electron chi connectivity index (χ3n) is 2.74. The summed E-state index contributed by atoms with van der Waals surface area (Å²) in [6, 6.07) is -0.945. The molecule has 1 unspecified atom stereocenters. The maximum atomic E-state index is 12.0. The molecule has 0 aliphatic rings. The summed E-state index contributed by atoms with van der Waals surface area (Å²) in [5, 5.41) is 13.7. The van der Waals surface area contributed by atoms with Gasteiger partial charge in [-0.3, -0.25) is 14.8 Å². The molecule has 0 saturated carbocycles. The van der Waals surface area contributed by atoms with Crippen LogP contribution in [0.1, 0.15) is 24.3 Å². The number of nitrogens with one attached hydrogen (secondary N) is 1. The van der Waals surface area contributed by atoms with Crippen LogP contribution in [0, 0.1) is 5.92 Å². The fourth-order valence-electron chi connectivity index (χ4n) is 1.63. The van der Waals surface area contributed by atoms with Crippen molar-refractivity contribution >= 4 is 23.2 Å². The monoisotopic (exact) mass is 306 g/mol. The lowest BCUT2D eigenvalue weighted by Crippen LogP contribution is -2.44. The Balaban J connectivity index is 2.14. The van der Waals surface area contributed by atoms with Gasteiger partial charge in [-0.25, -0.2) is 9.78 Å². The van der Waals surface area contributed by atoms with Crippen molar-refractivity contribution in [2.75, 3.05) is 0 Å². The average molecular weight is 306 g/mol. The number of carbonyl (C=O) groups is 2. The molecule has 7 nitrogen and oxygen atoms in total. The highest BCUT2D eigenvalue weighted by Crippen LogP contribution is 2.20. The number of thiazole rings is 1. The summed E-state index contributed by atoms with van der Waals surface area (Å²) in [6.45, 7) is 3.45. The van der Waals surface area contributed by atoms with Crippen LogP contribution in [0.4, 0.5) is 0 Å². The second-order valence-corrected chi connectivity index (χ2v) is 5.52. The van der Waals surface area contributed by atoms with Crippen LogP contribution in [0.15, 0.2) is 24.0 Å². The van der Waals surface area contributed by atoms with E-state index in [2.05, 4.69) is 20.3 Å². The van der Waals surface area contributed by atoms with Gasteiger partial charge in [0, 0.05) is 17.8 Å². The number of nitrogens with zero attached hydrogens (tertiary/aromatic N) is 3. The number of carboxylic acids is 1. The lowest BCUT2D eigenvalue weighted by atomic mass is 10.0. The number of carboxylic acid groups (broad SMARTS) is 1. The molecule has 8 heteroatoms. The average Bonchev–Trinajstić information content (AvgIpc) is 2.94. The predicted octanol–water partition coefficient (Wildman–Crippen LogP) is 1.44. The minimum atomic E-state index is -1.07. The molecule has 0 fully saturated rings. The molecule has 0 radical (unpaired) electrons. The molecular formula is C13H14N4O3S. The van der Waals surface area contributed by atoms with Crippen LogP contribution >= 0.6 is 11.3 Å². The molecule has 0 saturated heterocycles. The number of carbonyl (C=O) groups excluding carboxylic acids is 1. The van der Waals surface area contributed by atoms with Gasteiger partial charge in [-0.2, -0.15) is 0 Å². The maximum absolute atomic E-state index is 12.0. The molecular weight excluding hydrogens is 292 g/mol. The van der Waals surface area contributed by atoms with Crippen molar-refractivity contribution in [2.24, 2.45) is 5.92 Å². The highest BCUT2D eigenvalue weighted by molar-refractivity contribution is 7.13. The van der Waals surface area contributed by atoms with Gasteiger partial charge in [0.1, 0.15) is 22.4 Å². The van der Waals surface area contributed by atoms with Gasteiger partial charge >= 0.3 is 5.97 Å². The first-order valence-electron chi connectivity index (χ1n) is 6.24. The Labute approximate surface area is 125 Å². The van der Waals surface area contributed by atoms with Gasteiger partial charge in [-0.05, 0) is 5.92 Å².